The van der Waals surface area contributed by atoms with Crippen LogP contribution in [0.3, 0.4) is 0 Å². The lowest BCUT2D eigenvalue weighted by Crippen LogP contribution is -2.36. The number of esters is 1. The molecule has 0 unspecified atom stereocenters. The molecule has 2 aromatic carbocycles. The quantitative estimate of drug-likeness (QED) is 0.459. The van der Waals surface area contributed by atoms with Gasteiger partial charge in [0.05, 0.1) is 38.6 Å². The summed E-state index contributed by atoms with van der Waals surface area (Å²) in [6, 6.07) is 10.7. The Morgan fingerprint density at radius 2 is 1.76 bits per heavy atom. The first-order chi connectivity index (χ1) is 15.9. The van der Waals surface area contributed by atoms with Gasteiger partial charge in [0.15, 0.2) is 0 Å². The van der Waals surface area contributed by atoms with Gasteiger partial charge in [0.2, 0.25) is 5.91 Å². The number of hydrogen-bond donors (Lipinski definition) is 0. The maximum absolute atomic E-state index is 13.0. The molecule has 3 aromatic rings. The lowest BCUT2D eigenvalue weighted by molar-refractivity contribution is -0.147. The Morgan fingerprint density at radius 1 is 1.06 bits per heavy atom. The van der Waals surface area contributed by atoms with Crippen molar-refractivity contribution in [1.82, 2.24) is 14.5 Å². The van der Waals surface area contributed by atoms with E-state index in [4.69, 9.17) is 14.2 Å². The van der Waals surface area contributed by atoms with E-state index in [-0.39, 0.29) is 37.5 Å². The summed E-state index contributed by atoms with van der Waals surface area (Å²) in [7, 11) is 4.33. The minimum Gasteiger partial charge on any atom is -0.497 e. The van der Waals surface area contributed by atoms with Crippen molar-refractivity contribution in [3.05, 3.63) is 64.2 Å². The lowest BCUT2D eigenvalue weighted by Gasteiger charge is -2.22. The number of rotatable bonds is 9. The molecule has 0 spiro atoms. The van der Waals surface area contributed by atoms with Gasteiger partial charge in [-0.15, -0.1) is 0 Å². The van der Waals surface area contributed by atoms with Crippen LogP contribution in [0.1, 0.15) is 17.5 Å². The number of nitrogens with zero attached hydrogens (tertiary/aromatic N) is 3. The number of fused-ring (bicyclic) bond motifs is 1. The Balaban J connectivity index is 1.80. The third-order valence-electron chi connectivity index (χ3n) is 5.31. The number of aryl methyl sites for hydroxylation is 2. The minimum atomic E-state index is -0.543. The second kappa shape index (κ2) is 10.6. The topological polar surface area (TPSA) is 100.0 Å². The summed E-state index contributed by atoms with van der Waals surface area (Å²) in [6.07, 6.45) is 1.46. The Kier molecular flexibility index (Phi) is 7.66. The van der Waals surface area contributed by atoms with E-state index >= 15 is 0 Å². The second-order valence-corrected chi connectivity index (χ2v) is 7.51. The van der Waals surface area contributed by atoms with Crippen LogP contribution in [-0.4, -0.2) is 54.2 Å². The van der Waals surface area contributed by atoms with Crippen molar-refractivity contribution in [1.29, 1.82) is 0 Å². The molecular weight excluding hydrogens is 426 g/mol. The molecule has 33 heavy (non-hydrogen) atoms. The molecule has 0 bridgehead atoms. The summed E-state index contributed by atoms with van der Waals surface area (Å²) in [5.74, 6) is 0.287. The Labute approximate surface area is 191 Å². The highest BCUT2D eigenvalue weighted by atomic mass is 16.5. The molecule has 9 nitrogen and oxygen atoms in total. The summed E-state index contributed by atoms with van der Waals surface area (Å²) in [5.41, 5.74) is 2.06. The molecule has 0 saturated heterocycles. The molecule has 9 heteroatoms. The number of carbonyl (C=O) groups is 2. The van der Waals surface area contributed by atoms with Crippen LogP contribution in [0, 0.1) is 6.92 Å². The molecule has 0 saturated carbocycles. The van der Waals surface area contributed by atoms with Gasteiger partial charge in [-0.2, -0.15) is 0 Å². The molecule has 0 aliphatic rings. The van der Waals surface area contributed by atoms with E-state index in [2.05, 4.69) is 4.98 Å². The van der Waals surface area contributed by atoms with Crippen LogP contribution in [0.5, 0.6) is 11.5 Å². The number of aromatic nitrogens is 2. The smallest absolute Gasteiger partial charge is 0.325 e. The highest BCUT2D eigenvalue weighted by Gasteiger charge is 2.19. The van der Waals surface area contributed by atoms with Gasteiger partial charge in [0.1, 0.15) is 18.0 Å². The summed E-state index contributed by atoms with van der Waals surface area (Å²) in [6.45, 7) is 1.94. The molecule has 0 atom stereocenters. The van der Waals surface area contributed by atoms with Gasteiger partial charge in [-0.25, -0.2) is 4.98 Å². The van der Waals surface area contributed by atoms with Crippen molar-refractivity contribution in [2.75, 3.05) is 27.9 Å². The molecule has 1 aromatic heterocycles. The van der Waals surface area contributed by atoms with Crippen molar-refractivity contribution in [3.8, 4) is 11.5 Å². The number of carbonyl (C=O) groups excluding carboxylic acids is 2. The van der Waals surface area contributed by atoms with Crippen molar-refractivity contribution in [3.63, 3.8) is 0 Å². The normalized spacial score (nSPS) is 10.7. The highest BCUT2D eigenvalue weighted by molar-refractivity contribution is 5.82. The molecule has 3 rings (SSSR count). The monoisotopic (exact) mass is 453 g/mol. The summed E-state index contributed by atoms with van der Waals surface area (Å²) >= 11 is 0. The zero-order valence-electron chi connectivity index (χ0n) is 19.2. The minimum absolute atomic E-state index is 0.0109. The van der Waals surface area contributed by atoms with Crippen molar-refractivity contribution in [2.24, 2.45) is 0 Å². The fourth-order valence-electron chi connectivity index (χ4n) is 3.50. The predicted molar refractivity (Wildman–Crippen MR) is 122 cm³/mol. The molecule has 0 fully saturated rings. The maximum Gasteiger partial charge on any atom is 0.325 e. The van der Waals surface area contributed by atoms with Gasteiger partial charge >= 0.3 is 5.97 Å². The number of amides is 1. The summed E-state index contributed by atoms with van der Waals surface area (Å²) in [5, 5.41) is 0.500. The van der Waals surface area contributed by atoms with E-state index in [1.807, 2.05) is 13.0 Å². The molecular formula is C24H27N3O6. The van der Waals surface area contributed by atoms with Gasteiger partial charge in [0, 0.05) is 25.6 Å². The van der Waals surface area contributed by atoms with E-state index in [0.29, 0.717) is 22.4 Å². The van der Waals surface area contributed by atoms with Gasteiger partial charge in [-0.05, 0) is 36.2 Å². The zero-order chi connectivity index (χ0) is 24.0. The van der Waals surface area contributed by atoms with E-state index in [0.717, 1.165) is 11.1 Å². The van der Waals surface area contributed by atoms with Crippen LogP contribution in [0.25, 0.3) is 10.9 Å². The van der Waals surface area contributed by atoms with Crippen molar-refractivity contribution < 1.29 is 23.8 Å². The summed E-state index contributed by atoms with van der Waals surface area (Å²) in [4.78, 5) is 43.5. The number of ether oxygens (including phenoxy) is 3. The second-order valence-electron chi connectivity index (χ2n) is 7.51. The standard InChI is InChI=1S/C24H27N3O6/c1-16-6-5-7-20-23(16)25-15-26(24(20)30)9-8-21(28)27(14-22(29)33-4)13-17-10-18(31-2)12-19(11-17)32-3/h5-7,10-12,15H,8-9,13-14H2,1-4H3. The molecule has 0 N–H and O–H groups in total. The first-order valence-corrected chi connectivity index (χ1v) is 10.4. The van der Waals surface area contributed by atoms with Crippen LogP contribution in [-0.2, 0) is 27.4 Å². The van der Waals surface area contributed by atoms with Crippen molar-refractivity contribution >= 4 is 22.8 Å². The number of methoxy groups -OCH3 is 3. The molecule has 0 radical (unpaired) electrons. The van der Waals surface area contributed by atoms with Gasteiger partial charge in [-0.3, -0.25) is 19.0 Å². The molecule has 1 amide bonds. The zero-order valence-corrected chi connectivity index (χ0v) is 19.2. The first kappa shape index (κ1) is 23.8. The van der Waals surface area contributed by atoms with Crippen LogP contribution >= 0.6 is 0 Å². The Morgan fingerprint density at radius 3 is 2.39 bits per heavy atom. The number of hydrogen-bond acceptors (Lipinski definition) is 7. The number of para-hydroxylation sites is 1. The third-order valence-corrected chi connectivity index (χ3v) is 5.31. The molecule has 0 aliphatic carbocycles. The maximum atomic E-state index is 13.0. The molecule has 1 heterocycles. The van der Waals surface area contributed by atoms with Crippen LogP contribution in [0.2, 0.25) is 0 Å². The average Bonchev–Trinajstić information content (AvgIpc) is 2.83. The van der Waals surface area contributed by atoms with Gasteiger partial charge < -0.3 is 19.1 Å². The Bertz CT molecular complexity index is 1200. The lowest BCUT2D eigenvalue weighted by atomic mass is 10.1. The van der Waals surface area contributed by atoms with E-state index in [9.17, 15) is 14.4 Å². The van der Waals surface area contributed by atoms with Crippen molar-refractivity contribution in [2.45, 2.75) is 26.4 Å². The predicted octanol–water partition coefficient (Wildman–Crippen LogP) is 2.31. The van der Waals surface area contributed by atoms with E-state index in [1.165, 1.54) is 37.1 Å². The highest BCUT2D eigenvalue weighted by Crippen LogP contribution is 2.23. The largest absolute Gasteiger partial charge is 0.497 e. The SMILES string of the molecule is COC(=O)CN(Cc1cc(OC)cc(OC)c1)C(=O)CCn1cnc2c(C)cccc2c1=O. The molecule has 0 aliphatic heterocycles. The van der Waals surface area contributed by atoms with Crippen LogP contribution in [0.15, 0.2) is 47.5 Å². The fraction of sp³-hybridized carbons (Fsp3) is 0.333. The van der Waals surface area contributed by atoms with Gasteiger partial charge in [-0.1, -0.05) is 12.1 Å². The summed E-state index contributed by atoms with van der Waals surface area (Å²) < 4.78 is 16.7. The fourth-order valence-corrected chi connectivity index (χ4v) is 3.50. The first-order valence-electron chi connectivity index (χ1n) is 10.4. The van der Waals surface area contributed by atoms with Gasteiger partial charge in [0.25, 0.3) is 5.56 Å². The molecule has 174 valence electrons. The van der Waals surface area contributed by atoms with E-state index < -0.39 is 5.97 Å². The Hall–Kier alpha value is -3.88. The third kappa shape index (κ3) is 5.68. The van der Waals surface area contributed by atoms with Crippen LogP contribution < -0.4 is 15.0 Å². The van der Waals surface area contributed by atoms with E-state index in [1.54, 1.807) is 30.3 Å². The average molecular weight is 453 g/mol. The number of benzene rings is 2. The van der Waals surface area contributed by atoms with Crippen LogP contribution in [0.4, 0.5) is 0 Å².